The van der Waals surface area contributed by atoms with Crippen molar-refractivity contribution < 1.29 is 3.73 Å². The van der Waals surface area contributed by atoms with Gasteiger partial charge in [0.1, 0.15) is 0 Å². The summed E-state index contributed by atoms with van der Waals surface area (Å²) in [4.78, 5) is 0. The van der Waals surface area contributed by atoms with Crippen molar-refractivity contribution >= 4 is 33.0 Å². The fourth-order valence-electron chi connectivity index (χ4n) is 0.258. The van der Waals surface area contributed by atoms with Crippen LogP contribution in [0.25, 0.3) is 0 Å². The normalized spacial score (nSPS) is 20.0. The van der Waals surface area contributed by atoms with E-state index in [-0.39, 0.29) is 28.4 Å². The molecule has 1 aliphatic heterocycles. The fraction of sp³-hybridized carbons (Fsp3) is 0. The average molecular weight is 201 g/mol. The van der Waals surface area contributed by atoms with Crippen LogP contribution in [0.5, 0.6) is 0 Å². The Labute approximate surface area is 49.1 Å². The summed E-state index contributed by atoms with van der Waals surface area (Å²) in [5.74, 6) is 0. The maximum atomic E-state index is 5.05. The van der Waals surface area contributed by atoms with Gasteiger partial charge in [-0.25, -0.2) is 0 Å². The molecule has 0 saturated heterocycles. The minimum atomic E-state index is 0.0755. The Morgan fingerprint density at radius 2 is 2.67 bits per heavy atom. The van der Waals surface area contributed by atoms with Crippen molar-refractivity contribution in [3.63, 3.8) is 0 Å². The van der Waals surface area contributed by atoms with Crippen LogP contribution in [0, 0.1) is 0 Å². The first-order chi connectivity index (χ1) is 3.00. The summed E-state index contributed by atoms with van der Waals surface area (Å²) in [7, 11) is 0. The van der Waals surface area contributed by atoms with Crippen molar-refractivity contribution in [1.29, 1.82) is 0 Å². The van der Waals surface area contributed by atoms with Gasteiger partial charge in [0.25, 0.3) is 0 Å². The Hall–Kier alpha value is 0.605. The molecule has 0 amide bonds. The van der Waals surface area contributed by atoms with Gasteiger partial charge in [0.15, 0.2) is 0 Å². The first-order valence-electron chi connectivity index (χ1n) is 1.73. The van der Waals surface area contributed by atoms with Crippen LogP contribution >= 0.6 is 0 Å². The molecule has 0 aromatic rings. The molecule has 6 heavy (non-hydrogen) atoms. The Bertz CT molecular complexity index is 76.8. The van der Waals surface area contributed by atoms with Crippen LogP contribution in [0.2, 0.25) is 0 Å². The van der Waals surface area contributed by atoms with Crippen LogP contribution in [0.1, 0.15) is 0 Å². The number of rotatable bonds is 0. The van der Waals surface area contributed by atoms with Crippen molar-refractivity contribution in [2.24, 2.45) is 0 Å². The number of hydrogen-bond donors (Lipinski definition) is 0. The minimum absolute atomic E-state index is 0.0755. The van der Waals surface area contributed by atoms with Gasteiger partial charge in [-0.1, -0.05) is 0 Å². The Morgan fingerprint density at radius 3 is 2.83 bits per heavy atom. The molecule has 0 bridgehead atoms. The van der Waals surface area contributed by atoms with E-state index in [1.807, 2.05) is 6.08 Å². The average Bonchev–Trinajstić information content (AvgIpc) is 1.72. The molecule has 3 heteroatoms. The molecule has 30 valence electrons. The summed E-state index contributed by atoms with van der Waals surface area (Å²) >= 11 is 0.197. The standard InChI is InChI=1S/C3H4AsO.Ga/c1-2-3-5-4;/h1-4H;/q-1;+1. The van der Waals surface area contributed by atoms with E-state index in [1.54, 1.807) is 6.26 Å². The van der Waals surface area contributed by atoms with E-state index in [2.05, 4.69) is 4.57 Å². The van der Waals surface area contributed by atoms with Crippen molar-refractivity contribution in [3.8, 4) is 0 Å². The molecular weight excluding hydrogens is 197 g/mol. The van der Waals surface area contributed by atoms with Gasteiger partial charge in [0.05, 0.1) is 0 Å². The summed E-state index contributed by atoms with van der Waals surface area (Å²) in [5, 5.41) is 0. The Kier molecular flexibility index (Phi) is 2.16. The third kappa shape index (κ3) is 1.37. The van der Waals surface area contributed by atoms with Gasteiger partial charge < -0.3 is 0 Å². The number of hydrogen-bond acceptors (Lipinski definition) is 1. The summed E-state index contributed by atoms with van der Waals surface area (Å²) in [6.07, 6.45) is 3.83. The van der Waals surface area contributed by atoms with Crippen LogP contribution in [-0.2, 0) is 3.73 Å². The van der Waals surface area contributed by atoms with Crippen LogP contribution in [0.15, 0.2) is 12.3 Å². The van der Waals surface area contributed by atoms with Gasteiger partial charge in [-0.3, -0.25) is 0 Å². The van der Waals surface area contributed by atoms with E-state index in [1.165, 1.54) is 0 Å². The Balaban J connectivity index is 2.46. The topological polar surface area (TPSA) is 9.23 Å². The quantitative estimate of drug-likeness (QED) is 0.471. The molecule has 0 aromatic carbocycles. The van der Waals surface area contributed by atoms with E-state index in [9.17, 15) is 0 Å². The van der Waals surface area contributed by atoms with Crippen molar-refractivity contribution in [3.05, 3.63) is 12.3 Å². The molecular formula is C3H4AsGaO. The first-order valence-corrected chi connectivity index (χ1v) is 11.5. The summed E-state index contributed by atoms with van der Waals surface area (Å²) < 4.78 is 7.35. The summed E-state index contributed by atoms with van der Waals surface area (Å²) in [6, 6.07) is 0. The molecule has 1 heterocycles. The van der Waals surface area contributed by atoms with Gasteiger partial charge >= 0.3 is 49.0 Å². The maximum absolute atomic E-state index is 5.05. The van der Waals surface area contributed by atoms with E-state index in [0.29, 0.717) is 0 Å². The molecule has 0 spiro atoms. The van der Waals surface area contributed by atoms with Crippen molar-refractivity contribution in [2.45, 2.75) is 0 Å². The molecule has 0 radical (unpaired) electrons. The van der Waals surface area contributed by atoms with Crippen molar-refractivity contribution in [2.75, 3.05) is 0 Å². The van der Waals surface area contributed by atoms with E-state index >= 15 is 0 Å². The third-order valence-corrected chi connectivity index (χ3v) is 7.28. The molecule has 0 N–H and O–H groups in total. The Morgan fingerprint density at radius 1 is 1.67 bits per heavy atom. The zero-order valence-electron chi connectivity index (χ0n) is 3.22. The van der Waals surface area contributed by atoms with Crippen molar-refractivity contribution in [1.82, 2.24) is 0 Å². The van der Waals surface area contributed by atoms with Gasteiger partial charge in [-0.2, -0.15) is 0 Å². The molecule has 0 saturated carbocycles. The first kappa shape index (κ1) is 4.76. The van der Waals surface area contributed by atoms with Crippen LogP contribution < -0.4 is 0 Å². The second-order valence-corrected chi connectivity index (χ2v) is 9.62. The molecule has 1 atom stereocenters. The molecule has 1 unspecified atom stereocenters. The molecule has 0 fully saturated rings. The summed E-state index contributed by atoms with van der Waals surface area (Å²) in [6.45, 7) is 0. The fourth-order valence-corrected chi connectivity index (χ4v) is 5.12. The molecule has 0 aromatic heterocycles. The second-order valence-electron chi connectivity index (χ2n) is 0.923. The monoisotopic (exact) mass is 200 g/mol. The van der Waals surface area contributed by atoms with E-state index in [4.69, 9.17) is 3.73 Å². The van der Waals surface area contributed by atoms with Crippen LogP contribution in [0.3, 0.4) is 0 Å². The number of allylic oxidation sites excluding steroid dienone is 1. The second kappa shape index (κ2) is 2.72. The van der Waals surface area contributed by atoms with Gasteiger partial charge in [-0.15, -0.1) is 0 Å². The van der Waals surface area contributed by atoms with Gasteiger partial charge in [-0.05, 0) is 0 Å². The van der Waals surface area contributed by atoms with Crippen LogP contribution in [-0.4, -0.2) is 33.0 Å². The van der Waals surface area contributed by atoms with Gasteiger partial charge in [0, 0.05) is 0 Å². The predicted octanol–water partition coefficient (Wildman–Crippen LogP) is -0.697. The molecule has 1 rings (SSSR count). The molecule has 0 aliphatic carbocycles. The molecule has 1 aliphatic rings. The third-order valence-electron chi connectivity index (χ3n) is 0.490. The van der Waals surface area contributed by atoms with E-state index < -0.39 is 0 Å². The summed E-state index contributed by atoms with van der Waals surface area (Å²) in [5.41, 5.74) is 0. The van der Waals surface area contributed by atoms with Gasteiger partial charge in [0.2, 0.25) is 0 Å². The van der Waals surface area contributed by atoms with Crippen LogP contribution in [0.4, 0.5) is 0 Å². The zero-order chi connectivity index (χ0) is 4.24. The zero-order valence-corrected chi connectivity index (χ0v) is 7.74. The van der Waals surface area contributed by atoms with E-state index in [0.717, 1.165) is 0 Å². The molecule has 1 nitrogen and oxygen atoms in total. The predicted molar refractivity (Wildman–Crippen MR) is 29.2 cm³/mol. The SMILES string of the molecule is C1=CO[AsH][Ga]=[CH]1.